The first kappa shape index (κ1) is 8.79. The maximum absolute atomic E-state index is 5.38. The van der Waals surface area contributed by atoms with E-state index < -0.39 is 0 Å². The minimum atomic E-state index is 0.370. The van der Waals surface area contributed by atoms with Gasteiger partial charge < -0.3 is 4.74 Å². The number of rotatable bonds is 2. The van der Waals surface area contributed by atoms with Crippen LogP contribution in [0.5, 0.6) is 0 Å². The van der Waals surface area contributed by atoms with E-state index in [9.17, 15) is 0 Å². The molecule has 2 unspecified atom stereocenters. The number of hydrogen-bond acceptors (Lipinski definition) is 1. The fraction of sp³-hybridized carbons (Fsp3) is 0.800. The van der Waals surface area contributed by atoms with Gasteiger partial charge in [0.2, 0.25) is 0 Å². The minimum absolute atomic E-state index is 0.370. The quantitative estimate of drug-likeness (QED) is 0.555. The number of methoxy groups -OCH3 is 1. The van der Waals surface area contributed by atoms with Crippen LogP contribution in [0.1, 0.15) is 27.2 Å². The maximum Gasteiger partial charge on any atom is 0.0788 e. The molecule has 0 radical (unpaired) electrons. The molecular weight excluding hydrogens is 136 g/mol. The largest absolute Gasteiger partial charge is 0.377 e. The minimum Gasteiger partial charge on any atom is -0.377 e. The molecular formula is C10H18O. The third kappa shape index (κ3) is 1.84. The van der Waals surface area contributed by atoms with Gasteiger partial charge in [-0.05, 0) is 25.2 Å². The fourth-order valence-corrected chi connectivity index (χ4v) is 1.82. The van der Waals surface area contributed by atoms with Crippen molar-refractivity contribution in [2.75, 3.05) is 7.11 Å². The molecule has 11 heavy (non-hydrogen) atoms. The summed E-state index contributed by atoms with van der Waals surface area (Å²) in [7, 11) is 1.80. The van der Waals surface area contributed by atoms with E-state index in [2.05, 4.69) is 26.8 Å². The number of hydrogen-bond donors (Lipinski definition) is 0. The van der Waals surface area contributed by atoms with Gasteiger partial charge in [-0.2, -0.15) is 0 Å². The van der Waals surface area contributed by atoms with Crippen molar-refractivity contribution in [3.8, 4) is 0 Å². The van der Waals surface area contributed by atoms with Crippen molar-refractivity contribution in [3.05, 3.63) is 11.6 Å². The van der Waals surface area contributed by atoms with Crippen molar-refractivity contribution in [2.45, 2.75) is 33.3 Å². The lowest BCUT2D eigenvalue weighted by Gasteiger charge is -2.21. The molecule has 0 amide bonds. The van der Waals surface area contributed by atoms with E-state index in [-0.39, 0.29) is 0 Å². The van der Waals surface area contributed by atoms with E-state index in [1.54, 1.807) is 7.11 Å². The standard InChI is InChI=1S/C10H18O/c1-7(2)9-5-8(3)6-10(9)11-4/h6-7,9-10H,5H2,1-4H3. The lowest BCUT2D eigenvalue weighted by molar-refractivity contribution is 0.0791. The van der Waals surface area contributed by atoms with Gasteiger partial charge in [-0.15, -0.1) is 0 Å². The Morgan fingerprint density at radius 3 is 2.55 bits per heavy atom. The van der Waals surface area contributed by atoms with Crippen molar-refractivity contribution in [1.82, 2.24) is 0 Å². The average molecular weight is 154 g/mol. The topological polar surface area (TPSA) is 9.23 Å². The van der Waals surface area contributed by atoms with Crippen LogP contribution in [0, 0.1) is 11.8 Å². The Morgan fingerprint density at radius 1 is 1.55 bits per heavy atom. The molecule has 0 aliphatic heterocycles. The van der Waals surface area contributed by atoms with E-state index >= 15 is 0 Å². The van der Waals surface area contributed by atoms with Crippen molar-refractivity contribution in [3.63, 3.8) is 0 Å². The van der Waals surface area contributed by atoms with Crippen molar-refractivity contribution in [2.24, 2.45) is 11.8 Å². The number of ether oxygens (including phenoxy) is 1. The molecule has 0 aromatic rings. The van der Waals surface area contributed by atoms with Gasteiger partial charge in [0.05, 0.1) is 6.10 Å². The molecule has 0 spiro atoms. The Morgan fingerprint density at radius 2 is 2.18 bits per heavy atom. The molecule has 0 aromatic heterocycles. The van der Waals surface area contributed by atoms with Gasteiger partial charge in [0.25, 0.3) is 0 Å². The van der Waals surface area contributed by atoms with Crippen LogP contribution >= 0.6 is 0 Å². The summed E-state index contributed by atoms with van der Waals surface area (Å²) in [5.41, 5.74) is 1.48. The molecule has 0 N–H and O–H groups in total. The zero-order chi connectivity index (χ0) is 8.43. The normalized spacial score (nSPS) is 31.2. The first-order chi connectivity index (χ1) is 5.15. The van der Waals surface area contributed by atoms with Gasteiger partial charge in [0, 0.05) is 7.11 Å². The Labute approximate surface area is 69.4 Å². The smallest absolute Gasteiger partial charge is 0.0788 e. The van der Waals surface area contributed by atoms with E-state index in [4.69, 9.17) is 4.74 Å². The molecule has 1 nitrogen and oxygen atoms in total. The molecule has 0 saturated heterocycles. The molecule has 64 valence electrons. The van der Waals surface area contributed by atoms with E-state index in [1.165, 1.54) is 12.0 Å². The van der Waals surface area contributed by atoms with Gasteiger partial charge in [-0.3, -0.25) is 0 Å². The van der Waals surface area contributed by atoms with E-state index in [1.807, 2.05) is 0 Å². The highest BCUT2D eigenvalue weighted by atomic mass is 16.5. The Kier molecular flexibility index (Phi) is 2.72. The highest BCUT2D eigenvalue weighted by Crippen LogP contribution is 2.32. The molecule has 0 saturated carbocycles. The van der Waals surface area contributed by atoms with E-state index in [0.29, 0.717) is 12.0 Å². The zero-order valence-electron chi connectivity index (χ0n) is 7.92. The molecule has 0 bridgehead atoms. The summed E-state index contributed by atoms with van der Waals surface area (Å²) in [6.45, 7) is 6.72. The zero-order valence-corrected chi connectivity index (χ0v) is 7.92. The fourth-order valence-electron chi connectivity index (χ4n) is 1.82. The summed E-state index contributed by atoms with van der Waals surface area (Å²) in [5.74, 6) is 1.44. The lowest BCUT2D eigenvalue weighted by Crippen LogP contribution is -2.21. The van der Waals surface area contributed by atoms with Gasteiger partial charge in [0.1, 0.15) is 0 Å². The Bertz CT molecular complexity index is 158. The second-order valence-corrected chi connectivity index (χ2v) is 3.83. The average Bonchev–Trinajstić information content (AvgIpc) is 2.30. The summed E-state index contributed by atoms with van der Waals surface area (Å²) < 4.78 is 5.38. The molecule has 2 atom stereocenters. The van der Waals surface area contributed by atoms with E-state index in [0.717, 1.165) is 5.92 Å². The van der Waals surface area contributed by atoms with Crippen LogP contribution in [-0.4, -0.2) is 13.2 Å². The third-order valence-corrected chi connectivity index (χ3v) is 2.56. The predicted molar refractivity (Wildman–Crippen MR) is 47.5 cm³/mol. The summed E-state index contributed by atoms with van der Waals surface area (Å²) in [6.07, 6.45) is 3.84. The molecule has 1 aliphatic rings. The third-order valence-electron chi connectivity index (χ3n) is 2.56. The molecule has 0 heterocycles. The predicted octanol–water partition coefficient (Wildman–Crippen LogP) is 2.62. The Balaban J connectivity index is 2.59. The van der Waals surface area contributed by atoms with Gasteiger partial charge in [-0.25, -0.2) is 0 Å². The summed E-state index contributed by atoms with van der Waals surface area (Å²) >= 11 is 0. The highest BCUT2D eigenvalue weighted by Gasteiger charge is 2.27. The van der Waals surface area contributed by atoms with Gasteiger partial charge >= 0.3 is 0 Å². The molecule has 1 heteroatoms. The summed E-state index contributed by atoms with van der Waals surface area (Å²) in [5, 5.41) is 0. The van der Waals surface area contributed by atoms with Crippen LogP contribution in [0.15, 0.2) is 11.6 Å². The Hall–Kier alpha value is -0.300. The van der Waals surface area contributed by atoms with Crippen LogP contribution in [0.2, 0.25) is 0 Å². The maximum atomic E-state index is 5.38. The van der Waals surface area contributed by atoms with Crippen molar-refractivity contribution < 1.29 is 4.74 Å². The summed E-state index contributed by atoms with van der Waals surface area (Å²) in [6, 6.07) is 0. The van der Waals surface area contributed by atoms with Gasteiger partial charge in [0.15, 0.2) is 0 Å². The SMILES string of the molecule is COC1C=C(C)CC1C(C)C. The monoisotopic (exact) mass is 154 g/mol. The van der Waals surface area contributed by atoms with Crippen LogP contribution in [0.3, 0.4) is 0 Å². The first-order valence-electron chi connectivity index (χ1n) is 4.35. The van der Waals surface area contributed by atoms with Crippen LogP contribution in [-0.2, 0) is 4.74 Å². The van der Waals surface area contributed by atoms with Crippen molar-refractivity contribution >= 4 is 0 Å². The second kappa shape index (κ2) is 3.40. The molecule has 0 fully saturated rings. The lowest BCUT2D eigenvalue weighted by atomic mass is 9.91. The molecule has 1 rings (SSSR count). The second-order valence-electron chi connectivity index (χ2n) is 3.83. The highest BCUT2D eigenvalue weighted by molar-refractivity contribution is 5.13. The summed E-state index contributed by atoms with van der Waals surface area (Å²) in [4.78, 5) is 0. The van der Waals surface area contributed by atoms with Crippen LogP contribution in [0.4, 0.5) is 0 Å². The van der Waals surface area contributed by atoms with Crippen LogP contribution in [0.25, 0.3) is 0 Å². The first-order valence-corrected chi connectivity index (χ1v) is 4.35. The molecule has 1 aliphatic carbocycles. The molecule has 0 aromatic carbocycles. The van der Waals surface area contributed by atoms with Crippen molar-refractivity contribution in [1.29, 1.82) is 0 Å². The van der Waals surface area contributed by atoms with Gasteiger partial charge in [-0.1, -0.05) is 25.5 Å². The van der Waals surface area contributed by atoms with Crippen LogP contribution < -0.4 is 0 Å². The number of allylic oxidation sites excluding steroid dienone is 1.